The van der Waals surface area contributed by atoms with Crippen molar-refractivity contribution in [3.8, 4) is 11.3 Å². The quantitative estimate of drug-likeness (QED) is 0.247. The van der Waals surface area contributed by atoms with Crippen molar-refractivity contribution in [2.24, 2.45) is 0 Å². The number of para-hydroxylation sites is 1. The van der Waals surface area contributed by atoms with Gasteiger partial charge in [0, 0.05) is 69.1 Å². The number of ether oxygens (including phenoxy) is 1. The topological polar surface area (TPSA) is 87.6 Å². The molecule has 1 fully saturated rings. The SMILES string of the molecule is Cc1c(C(=O)N[C@H]2C=CC(Nc3nc(N(C)C)c4ccccc4n3)CC2)cc(-c2ccccc2)n1CCCN1CCOCC1. The number of carbonyl (C=O) groups excluding carboxylic acids is 1. The van der Waals surface area contributed by atoms with E-state index in [2.05, 4.69) is 69.5 Å². The molecule has 9 heteroatoms. The fourth-order valence-corrected chi connectivity index (χ4v) is 6.23. The molecule has 230 valence electrons. The third kappa shape index (κ3) is 6.79. The maximum atomic E-state index is 13.6. The van der Waals surface area contributed by atoms with Crippen LogP contribution in [0, 0.1) is 6.92 Å². The summed E-state index contributed by atoms with van der Waals surface area (Å²) in [4.78, 5) is 27.6. The van der Waals surface area contributed by atoms with E-state index in [9.17, 15) is 4.79 Å². The van der Waals surface area contributed by atoms with Gasteiger partial charge in [0.1, 0.15) is 5.82 Å². The van der Waals surface area contributed by atoms with Crippen molar-refractivity contribution < 1.29 is 9.53 Å². The average molecular weight is 594 g/mol. The van der Waals surface area contributed by atoms with Gasteiger partial charge in [0.2, 0.25) is 5.95 Å². The van der Waals surface area contributed by atoms with E-state index in [1.165, 1.54) is 0 Å². The van der Waals surface area contributed by atoms with Crippen molar-refractivity contribution in [1.82, 2.24) is 24.8 Å². The van der Waals surface area contributed by atoms with Crippen LogP contribution in [0.2, 0.25) is 0 Å². The molecule has 1 amide bonds. The number of morpholine rings is 1. The fraction of sp³-hybridized carbons (Fsp3) is 0.400. The highest BCUT2D eigenvalue weighted by Crippen LogP contribution is 2.28. The number of hydrogen-bond donors (Lipinski definition) is 2. The summed E-state index contributed by atoms with van der Waals surface area (Å²) in [6.45, 7) is 7.55. The lowest BCUT2D eigenvalue weighted by atomic mass is 9.98. The number of fused-ring (bicyclic) bond motifs is 1. The van der Waals surface area contributed by atoms with Crippen molar-refractivity contribution in [2.75, 3.05) is 57.2 Å². The zero-order valence-electron chi connectivity index (χ0n) is 26.0. The van der Waals surface area contributed by atoms with E-state index in [0.29, 0.717) is 5.95 Å². The Labute approximate surface area is 259 Å². The van der Waals surface area contributed by atoms with Crippen LogP contribution in [0.3, 0.4) is 0 Å². The van der Waals surface area contributed by atoms with Crippen LogP contribution in [0.1, 0.15) is 35.3 Å². The number of anilines is 2. The van der Waals surface area contributed by atoms with Crippen LogP contribution in [0.4, 0.5) is 11.8 Å². The number of aromatic nitrogens is 3. The molecular formula is C35H43N7O2. The molecule has 2 N–H and O–H groups in total. The third-order valence-corrected chi connectivity index (χ3v) is 8.64. The Morgan fingerprint density at radius 2 is 1.68 bits per heavy atom. The Morgan fingerprint density at radius 3 is 2.43 bits per heavy atom. The van der Waals surface area contributed by atoms with Crippen LogP contribution in [0.25, 0.3) is 22.2 Å². The van der Waals surface area contributed by atoms with Gasteiger partial charge in [-0.1, -0.05) is 54.6 Å². The summed E-state index contributed by atoms with van der Waals surface area (Å²) >= 11 is 0. The lowest BCUT2D eigenvalue weighted by Crippen LogP contribution is -2.37. The van der Waals surface area contributed by atoms with Crippen LogP contribution in [0.5, 0.6) is 0 Å². The van der Waals surface area contributed by atoms with E-state index in [1.54, 1.807) is 0 Å². The van der Waals surface area contributed by atoms with Gasteiger partial charge in [-0.05, 0) is 49.9 Å². The van der Waals surface area contributed by atoms with Crippen molar-refractivity contribution in [2.45, 2.75) is 44.8 Å². The fourth-order valence-electron chi connectivity index (χ4n) is 6.23. The largest absolute Gasteiger partial charge is 0.379 e. The van der Waals surface area contributed by atoms with Gasteiger partial charge in [0.25, 0.3) is 5.91 Å². The van der Waals surface area contributed by atoms with Gasteiger partial charge in [-0.2, -0.15) is 4.98 Å². The molecule has 0 bridgehead atoms. The Kier molecular flexibility index (Phi) is 9.23. The second-order valence-corrected chi connectivity index (χ2v) is 11.9. The molecule has 2 aromatic heterocycles. The van der Waals surface area contributed by atoms with Crippen LogP contribution in [0.15, 0.2) is 72.8 Å². The summed E-state index contributed by atoms with van der Waals surface area (Å²) < 4.78 is 7.82. The first kappa shape index (κ1) is 29.8. The molecule has 3 heterocycles. The minimum Gasteiger partial charge on any atom is -0.379 e. The normalized spacial score (nSPS) is 18.8. The van der Waals surface area contributed by atoms with E-state index in [1.807, 2.05) is 49.3 Å². The maximum Gasteiger partial charge on any atom is 0.253 e. The second-order valence-electron chi connectivity index (χ2n) is 11.9. The highest BCUT2D eigenvalue weighted by Gasteiger charge is 2.23. The predicted octanol–water partition coefficient (Wildman–Crippen LogP) is 5.12. The van der Waals surface area contributed by atoms with Gasteiger partial charge in [-0.15, -0.1) is 0 Å². The van der Waals surface area contributed by atoms with Gasteiger partial charge >= 0.3 is 0 Å². The zero-order valence-corrected chi connectivity index (χ0v) is 26.0. The van der Waals surface area contributed by atoms with E-state index >= 15 is 0 Å². The van der Waals surface area contributed by atoms with Crippen LogP contribution in [-0.4, -0.2) is 84.4 Å². The summed E-state index contributed by atoms with van der Waals surface area (Å²) in [5, 5.41) is 7.80. The molecule has 1 saturated heterocycles. The number of nitrogens with one attached hydrogen (secondary N) is 2. The number of rotatable bonds is 10. The smallest absolute Gasteiger partial charge is 0.253 e. The first-order chi connectivity index (χ1) is 21.5. The predicted molar refractivity (Wildman–Crippen MR) is 177 cm³/mol. The standard InChI is InChI=1S/C35H43N7O2/c1-25-30(24-32(26-10-5-4-6-11-26)42(25)19-9-18-41-20-22-44-23-21-41)34(43)36-27-14-16-28(17-15-27)37-35-38-31-13-8-7-12-29(31)33(39-35)40(2)3/h4-8,10-14,16,24,27-28H,9,15,17-23H2,1-3H3,(H,36,43)(H,37,38,39)/t27-,28?/m0/s1. The summed E-state index contributed by atoms with van der Waals surface area (Å²) in [5.74, 6) is 1.48. The zero-order chi connectivity index (χ0) is 30.5. The summed E-state index contributed by atoms with van der Waals surface area (Å²) in [6, 6.07) is 20.6. The second kappa shape index (κ2) is 13.6. The first-order valence-corrected chi connectivity index (χ1v) is 15.7. The Hall–Kier alpha value is -4.21. The first-order valence-electron chi connectivity index (χ1n) is 15.7. The number of amides is 1. The molecule has 1 aliphatic carbocycles. The molecule has 2 aromatic carbocycles. The molecule has 2 aliphatic rings. The number of benzene rings is 2. The van der Waals surface area contributed by atoms with Crippen LogP contribution >= 0.6 is 0 Å². The Bertz CT molecular complexity index is 1610. The maximum absolute atomic E-state index is 13.6. The molecule has 1 unspecified atom stereocenters. The minimum absolute atomic E-state index is 0.0267. The van der Waals surface area contributed by atoms with Crippen molar-refractivity contribution in [1.29, 1.82) is 0 Å². The number of carbonyl (C=O) groups is 1. The van der Waals surface area contributed by atoms with Crippen LogP contribution in [-0.2, 0) is 11.3 Å². The molecule has 0 spiro atoms. The number of hydrogen-bond acceptors (Lipinski definition) is 7. The third-order valence-electron chi connectivity index (χ3n) is 8.64. The van der Waals surface area contributed by atoms with Gasteiger partial charge in [-0.25, -0.2) is 4.98 Å². The molecule has 0 radical (unpaired) electrons. The Balaban J connectivity index is 1.12. The minimum atomic E-state index is -0.0281. The van der Waals surface area contributed by atoms with Gasteiger partial charge in [0.05, 0.1) is 24.3 Å². The van der Waals surface area contributed by atoms with E-state index < -0.39 is 0 Å². The van der Waals surface area contributed by atoms with E-state index in [-0.39, 0.29) is 18.0 Å². The molecule has 1 aliphatic heterocycles. The summed E-state index contributed by atoms with van der Waals surface area (Å²) in [5.41, 5.74) is 4.88. The summed E-state index contributed by atoms with van der Waals surface area (Å²) in [7, 11) is 3.99. The Morgan fingerprint density at radius 1 is 0.955 bits per heavy atom. The monoisotopic (exact) mass is 593 g/mol. The molecule has 4 aromatic rings. The van der Waals surface area contributed by atoms with Crippen molar-refractivity contribution >= 4 is 28.6 Å². The summed E-state index contributed by atoms with van der Waals surface area (Å²) in [6.07, 6.45) is 6.94. The highest BCUT2D eigenvalue weighted by atomic mass is 16.5. The average Bonchev–Trinajstić information content (AvgIpc) is 3.38. The highest BCUT2D eigenvalue weighted by molar-refractivity contribution is 5.97. The lowest BCUT2D eigenvalue weighted by Gasteiger charge is -2.26. The molecule has 9 nitrogen and oxygen atoms in total. The van der Waals surface area contributed by atoms with E-state index in [4.69, 9.17) is 14.7 Å². The number of nitrogens with zero attached hydrogens (tertiary/aromatic N) is 5. The van der Waals surface area contributed by atoms with Crippen molar-refractivity contribution in [3.63, 3.8) is 0 Å². The van der Waals surface area contributed by atoms with E-state index in [0.717, 1.165) is 97.9 Å². The van der Waals surface area contributed by atoms with Gasteiger partial charge in [-0.3, -0.25) is 9.69 Å². The van der Waals surface area contributed by atoms with Gasteiger partial charge < -0.3 is 24.8 Å². The van der Waals surface area contributed by atoms with Crippen molar-refractivity contribution in [3.05, 3.63) is 84.1 Å². The van der Waals surface area contributed by atoms with Gasteiger partial charge in [0.15, 0.2) is 0 Å². The lowest BCUT2D eigenvalue weighted by molar-refractivity contribution is 0.0369. The molecule has 6 rings (SSSR count). The molecule has 2 atom stereocenters. The molecular weight excluding hydrogens is 550 g/mol. The molecule has 0 saturated carbocycles. The van der Waals surface area contributed by atoms with Crippen LogP contribution < -0.4 is 15.5 Å². The molecule has 44 heavy (non-hydrogen) atoms.